The van der Waals surface area contributed by atoms with Gasteiger partial charge in [0.1, 0.15) is 24.4 Å². The monoisotopic (exact) mass is 450 g/mol. The highest BCUT2D eigenvalue weighted by atomic mass is 16.7. The van der Waals surface area contributed by atoms with Crippen molar-refractivity contribution in [3.63, 3.8) is 0 Å². The molecule has 6 heteroatoms. The van der Waals surface area contributed by atoms with Gasteiger partial charge in [0.05, 0.1) is 26.4 Å². The number of hydrogen-bond acceptors (Lipinski definition) is 6. The van der Waals surface area contributed by atoms with Crippen LogP contribution in [0, 0.1) is 0 Å². The van der Waals surface area contributed by atoms with Crippen LogP contribution in [-0.4, -0.2) is 47.5 Å². The normalized spacial score (nSPS) is 25.1. The lowest BCUT2D eigenvalue weighted by atomic mass is 9.98. The van der Waals surface area contributed by atoms with Crippen molar-refractivity contribution in [2.45, 2.75) is 50.5 Å². The highest BCUT2D eigenvalue weighted by Gasteiger charge is 2.46. The van der Waals surface area contributed by atoms with Gasteiger partial charge in [-0.25, -0.2) is 0 Å². The minimum absolute atomic E-state index is 0.115. The number of rotatable bonds is 10. The molecule has 1 aliphatic rings. The van der Waals surface area contributed by atoms with Crippen LogP contribution in [0.5, 0.6) is 0 Å². The first-order valence-corrected chi connectivity index (χ1v) is 11.1. The summed E-state index contributed by atoms with van der Waals surface area (Å²) >= 11 is 0. The molecule has 4 rings (SSSR count). The zero-order valence-corrected chi connectivity index (χ0v) is 18.4. The molecule has 0 aromatic heterocycles. The van der Waals surface area contributed by atoms with Gasteiger partial charge < -0.3 is 29.2 Å². The molecule has 1 fully saturated rings. The average Bonchev–Trinajstić information content (AvgIpc) is 2.86. The fourth-order valence-electron chi connectivity index (χ4n) is 3.81. The lowest BCUT2D eigenvalue weighted by molar-refractivity contribution is -0.309. The van der Waals surface area contributed by atoms with Gasteiger partial charge in [0.15, 0.2) is 6.29 Å². The Kier molecular flexibility index (Phi) is 8.60. The third-order valence-electron chi connectivity index (χ3n) is 5.60. The summed E-state index contributed by atoms with van der Waals surface area (Å²) in [5.41, 5.74) is 2.93. The van der Waals surface area contributed by atoms with Crippen molar-refractivity contribution in [3.8, 4) is 0 Å². The van der Waals surface area contributed by atoms with E-state index in [9.17, 15) is 10.2 Å². The van der Waals surface area contributed by atoms with E-state index >= 15 is 0 Å². The smallest absolute Gasteiger partial charge is 0.184 e. The summed E-state index contributed by atoms with van der Waals surface area (Å²) in [6, 6.07) is 29.1. The van der Waals surface area contributed by atoms with Crippen molar-refractivity contribution < 1.29 is 29.2 Å². The van der Waals surface area contributed by atoms with Crippen LogP contribution in [0.25, 0.3) is 0 Å². The van der Waals surface area contributed by atoms with Gasteiger partial charge in [-0.2, -0.15) is 0 Å². The molecule has 1 saturated heterocycles. The molecule has 0 aliphatic carbocycles. The summed E-state index contributed by atoms with van der Waals surface area (Å²) in [6.45, 7) is 1.04. The Bertz CT molecular complexity index is 937. The van der Waals surface area contributed by atoms with Gasteiger partial charge in [0.25, 0.3) is 0 Å². The Hall–Kier alpha value is -2.58. The summed E-state index contributed by atoms with van der Waals surface area (Å²) in [5, 5.41) is 21.8. The Morgan fingerprint density at radius 1 is 0.606 bits per heavy atom. The summed E-state index contributed by atoms with van der Waals surface area (Å²) in [7, 11) is 0. The number of ether oxygens (including phenoxy) is 4. The molecule has 3 aromatic carbocycles. The fraction of sp³-hybridized carbons (Fsp3) is 0.333. The maximum Gasteiger partial charge on any atom is 0.184 e. The third-order valence-corrected chi connectivity index (χ3v) is 5.60. The van der Waals surface area contributed by atoms with E-state index in [2.05, 4.69) is 0 Å². The van der Waals surface area contributed by atoms with Crippen LogP contribution < -0.4 is 0 Å². The van der Waals surface area contributed by atoms with E-state index in [1.54, 1.807) is 0 Å². The molecule has 6 nitrogen and oxygen atoms in total. The van der Waals surface area contributed by atoms with Crippen LogP contribution in [0.3, 0.4) is 0 Å². The largest absolute Gasteiger partial charge is 0.387 e. The van der Waals surface area contributed by atoms with Gasteiger partial charge in [-0.3, -0.25) is 0 Å². The van der Waals surface area contributed by atoms with Crippen molar-refractivity contribution in [2.75, 3.05) is 6.61 Å². The highest BCUT2D eigenvalue weighted by Crippen LogP contribution is 2.27. The van der Waals surface area contributed by atoms with Crippen LogP contribution in [0.15, 0.2) is 91.0 Å². The van der Waals surface area contributed by atoms with Crippen molar-refractivity contribution in [1.29, 1.82) is 0 Å². The average molecular weight is 451 g/mol. The molecular formula is C27H30O6. The summed E-state index contributed by atoms with van der Waals surface area (Å²) in [6.07, 6.45) is -4.68. The highest BCUT2D eigenvalue weighted by molar-refractivity contribution is 5.15. The second-order valence-corrected chi connectivity index (χ2v) is 8.08. The topological polar surface area (TPSA) is 77.4 Å². The summed E-state index contributed by atoms with van der Waals surface area (Å²) in [5.74, 6) is 0. The molecule has 0 radical (unpaired) electrons. The zero-order valence-electron chi connectivity index (χ0n) is 18.4. The predicted molar refractivity (Wildman–Crippen MR) is 123 cm³/mol. The van der Waals surface area contributed by atoms with E-state index < -0.39 is 30.7 Å². The molecule has 5 atom stereocenters. The molecule has 3 aromatic rings. The fourth-order valence-corrected chi connectivity index (χ4v) is 3.81. The van der Waals surface area contributed by atoms with Gasteiger partial charge >= 0.3 is 0 Å². The van der Waals surface area contributed by atoms with Crippen LogP contribution in [0.4, 0.5) is 0 Å². The molecule has 2 N–H and O–H groups in total. The van der Waals surface area contributed by atoms with Gasteiger partial charge in [0, 0.05) is 0 Å². The van der Waals surface area contributed by atoms with Gasteiger partial charge in [-0.15, -0.1) is 0 Å². The molecule has 174 valence electrons. The van der Waals surface area contributed by atoms with Crippen molar-refractivity contribution in [3.05, 3.63) is 108 Å². The van der Waals surface area contributed by atoms with Crippen molar-refractivity contribution in [1.82, 2.24) is 0 Å². The SMILES string of the molecule is O[C@@H]1C(COCc2ccccc2)O[C@H](O)C(OCc2ccccc2)C1OCc1ccccc1. The van der Waals surface area contributed by atoms with Gasteiger partial charge in [0.2, 0.25) is 0 Å². The molecule has 0 saturated carbocycles. The lowest BCUT2D eigenvalue weighted by Crippen LogP contribution is -2.60. The molecule has 33 heavy (non-hydrogen) atoms. The Morgan fingerprint density at radius 3 is 1.58 bits per heavy atom. The van der Waals surface area contributed by atoms with E-state index in [4.69, 9.17) is 18.9 Å². The molecule has 1 aliphatic heterocycles. The third kappa shape index (κ3) is 6.71. The number of aliphatic hydroxyl groups excluding tert-OH is 2. The minimum atomic E-state index is -1.26. The van der Waals surface area contributed by atoms with Gasteiger partial charge in [-0.05, 0) is 16.7 Å². The first kappa shape index (κ1) is 23.6. The summed E-state index contributed by atoms with van der Waals surface area (Å²) < 4.78 is 23.5. The number of aliphatic hydroxyl groups is 2. The maximum atomic E-state index is 11.1. The molecular weight excluding hydrogens is 420 g/mol. The van der Waals surface area contributed by atoms with Crippen LogP contribution in [0.2, 0.25) is 0 Å². The Morgan fingerprint density at radius 2 is 1.06 bits per heavy atom. The van der Waals surface area contributed by atoms with E-state index in [1.807, 2.05) is 91.0 Å². The lowest BCUT2D eigenvalue weighted by Gasteiger charge is -2.42. The summed E-state index contributed by atoms with van der Waals surface area (Å²) in [4.78, 5) is 0. The van der Waals surface area contributed by atoms with Crippen LogP contribution in [-0.2, 0) is 38.8 Å². The number of hydrogen-bond donors (Lipinski definition) is 2. The van der Waals surface area contributed by atoms with E-state index in [0.717, 1.165) is 16.7 Å². The van der Waals surface area contributed by atoms with Crippen LogP contribution >= 0.6 is 0 Å². The zero-order chi connectivity index (χ0) is 22.9. The predicted octanol–water partition coefficient (Wildman–Crippen LogP) is 3.45. The van der Waals surface area contributed by atoms with E-state index in [1.165, 1.54) is 0 Å². The minimum Gasteiger partial charge on any atom is -0.387 e. The first-order valence-electron chi connectivity index (χ1n) is 11.1. The molecule has 0 amide bonds. The number of benzene rings is 3. The maximum absolute atomic E-state index is 11.1. The standard InChI is InChI=1S/C27H30O6/c28-24-23(19-30-16-20-10-4-1-5-11-20)33-27(29)26(32-18-22-14-8-3-9-15-22)25(24)31-17-21-12-6-2-7-13-21/h1-15,23-29H,16-19H2/t23?,24-,25?,26?,27+/m1/s1. The van der Waals surface area contributed by atoms with Crippen LogP contribution in [0.1, 0.15) is 16.7 Å². The quantitative estimate of drug-likeness (QED) is 0.493. The molecule has 3 unspecified atom stereocenters. The second kappa shape index (κ2) is 12.0. The molecule has 0 bridgehead atoms. The van der Waals surface area contributed by atoms with Gasteiger partial charge in [-0.1, -0.05) is 91.0 Å². The van der Waals surface area contributed by atoms with Crippen molar-refractivity contribution in [2.24, 2.45) is 0 Å². The molecule has 1 heterocycles. The second-order valence-electron chi connectivity index (χ2n) is 8.08. The van der Waals surface area contributed by atoms with E-state index in [-0.39, 0.29) is 19.8 Å². The van der Waals surface area contributed by atoms with Crippen molar-refractivity contribution >= 4 is 0 Å². The van der Waals surface area contributed by atoms with E-state index in [0.29, 0.717) is 6.61 Å². The first-order chi connectivity index (χ1) is 16.2. The Balaban J connectivity index is 1.41. The molecule has 0 spiro atoms. The Labute approximate surface area is 194 Å².